The van der Waals surface area contributed by atoms with Gasteiger partial charge in [0.1, 0.15) is 0 Å². The van der Waals surface area contributed by atoms with Gasteiger partial charge in [0.05, 0.1) is 0 Å². The third kappa shape index (κ3) is 2.57. The quantitative estimate of drug-likeness (QED) is 0.781. The van der Waals surface area contributed by atoms with Crippen molar-refractivity contribution in [2.45, 2.75) is 6.54 Å². The molecule has 0 atom stereocenters. The highest BCUT2D eigenvalue weighted by molar-refractivity contribution is 9.10. The number of rotatable bonds is 3. The first-order valence-electron chi connectivity index (χ1n) is 4.63. The zero-order chi connectivity index (χ0) is 10.7. The fourth-order valence-electron chi connectivity index (χ4n) is 1.47. The molecule has 0 aliphatic rings. The summed E-state index contributed by atoms with van der Waals surface area (Å²) in [7, 11) is 0. The maximum Gasteiger partial charge on any atom is 0.151 e. The lowest BCUT2D eigenvalue weighted by Crippen LogP contribution is -1.95. The van der Waals surface area contributed by atoms with Crippen LogP contribution >= 0.6 is 15.9 Å². The minimum absolute atomic E-state index is 0.713. The van der Waals surface area contributed by atoms with Crippen molar-refractivity contribution in [1.29, 1.82) is 0 Å². The Balaban J connectivity index is 2.18. The molecule has 0 N–H and O–H groups in total. The number of aldehydes is 1. The molecule has 0 bridgehead atoms. The zero-order valence-electron chi connectivity index (χ0n) is 8.06. The van der Waals surface area contributed by atoms with E-state index in [1.807, 2.05) is 35.2 Å². The van der Waals surface area contributed by atoms with E-state index in [0.717, 1.165) is 17.3 Å². The predicted octanol–water partition coefficient (Wildman–Crippen LogP) is 3.11. The molecule has 0 unspecified atom stereocenters. The van der Waals surface area contributed by atoms with Crippen LogP contribution in [0.5, 0.6) is 0 Å². The lowest BCUT2D eigenvalue weighted by molar-refractivity contribution is 0.112. The van der Waals surface area contributed by atoms with E-state index in [2.05, 4.69) is 28.1 Å². The monoisotopic (exact) mass is 263 g/mol. The zero-order valence-corrected chi connectivity index (χ0v) is 9.65. The van der Waals surface area contributed by atoms with Crippen LogP contribution in [-0.4, -0.2) is 10.9 Å². The van der Waals surface area contributed by atoms with Crippen LogP contribution in [0.25, 0.3) is 0 Å². The van der Waals surface area contributed by atoms with E-state index >= 15 is 0 Å². The molecule has 0 amide bonds. The summed E-state index contributed by atoms with van der Waals surface area (Å²) in [6, 6.07) is 9.94. The SMILES string of the molecule is O=Cc1ccn(Cc2cccc(Br)c2)c1. The molecule has 1 heterocycles. The summed E-state index contributed by atoms with van der Waals surface area (Å²) in [4.78, 5) is 10.5. The number of halogens is 1. The molecule has 0 saturated carbocycles. The number of nitrogens with zero attached hydrogens (tertiary/aromatic N) is 1. The minimum Gasteiger partial charge on any atom is -0.349 e. The van der Waals surface area contributed by atoms with Gasteiger partial charge in [-0.25, -0.2) is 0 Å². The second kappa shape index (κ2) is 4.45. The van der Waals surface area contributed by atoms with Crippen LogP contribution in [0, 0.1) is 0 Å². The van der Waals surface area contributed by atoms with Gasteiger partial charge >= 0.3 is 0 Å². The van der Waals surface area contributed by atoms with Crippen LogP contribution in [-0.2, 0) is 6.54 Å². The Bertz CT molecular complexity index is 476. The smallest absolute Gasteiger partial charge is 0.151 e. The van der Waals surface area contributed by atoms with Gasteiger partial charge in [-0.2, -0.15) is 0 Å². The first-order chi connectivity index (χ1) is 7.28. The molecule has 76 valence electrons. The fourth-order valence-corrected chi connectivity index (χ4v) is 1.92. The van der Waals surface area contributed by atoms with Gasteiger partial charge in [0.2, 0.25) is 0 Å². The Labute approximate surface area is 96.7 Å². The van der Waals surface area contributed by atoms with E-state index in [1.165, 1.54) is 5.56 Å². The van der Waals surface area contributed by atoms with E-state index in [9.17, 15) is 4.79 Å². The normalized spacial score (nSPS) is 10.2. The lowest BCUT2D eigenvalue weighted by Gasteiger charge is -2.03. The third-order valence-corrected chi connectivity index (χ3v) is 2.66. The average molecular weight is 264 g/mol. The van der Waals surface area contributed by atoms with Crippen molar-refractivity contribution >= 4 is 22.2 Å². The Morgan fingerprint density at radius 3 is 2.87 bits per heavy atom. The van der Waals surface area contributed by atoms with Gasteiger partial charge in [-0.1, -0.05) is 28.1 Å². The van der Waals surface area contributed by atoms with Gasteiger partial charge < -0.3 is 4.57 Å². The topological polar surface area (TPSA) is 22.0 Å². The largest absolute Gasteiger partial charge is 0.349 e. The molecule has 2 nitrogen and oxygen atoms in total. The molecule has 15 heavy (non-hydrogen) atoms. The van der Waals surface area contributed by atoms with Crippen molar-refractivity contribution in [1.82, 2.24) is 4.57 Å². The molecule has 1 aromatic heterocycles. The second-order valence-corrected chi connectivity index (χ2v) is 4.28. The number of aromatic nitrogens is 1. The van der Waals surface area contributed by atoms with Crippen molar-refractivity contribution in [3.63, 3.8) is 0 Å². The van der Waals surface area contributed by atoms with Gasteiger partial charge in [0, 0.05) is 29.0 Å². The van der Waals surface area contributed by atoms with Gasteiger partial charge in [0.25, 0.3) is 0 Å². The Hall–Kier alpha value is -1.35. The summed E-state index contributed by atoms with van der Waals surface area (Å²) < 4.78 is 3.06. The van der Waals surface area contributed by atoms with Crippen LogP contribution in [0.4, 0.5) is 0 Å². The first-order valence-corrected chi connectivity index (χ1v) is 5.42. The van der Waals surface area contributed by atoms with E-state index in [1.54, 1.807) is 0 Å². The number of hydrogen-bond donors (Lipinski definition) is 0. The number of benzene rings is 1. The maximum absolute atomic E-state index is 10.5. The highest BCUT2D eigenvalue weighted by atomic mass is 79.9. The highest BCUT2D eigenvalue weighted by Gasteiger charge is 1.97. The van der Waals surface area contributed by atoms with Gasteiger partial charge in [-0.15, -0.1) is 0 Å². The Morgan fingerprint density at radius 2 is 2.20 bits per heavy atom. The summed E-state index contributed by atoms with van der Waals surface area (Å²) in [5.74, 6) is 0. The molecule has 2 rings (SSSR count). The molecule has 2 aromatic rings. The number of carbonyl (C=O) groups excluding carboxylic acids is 1. The van der Waals surface area contributed by atoms with E-state index < -0.39 is 0 Å². The molecular formula is C12H10BrNO. The standard InChI is InChI=1S/C12H10BrNO/c13-12-3-1-2-10(6-12)7-14-5-4-11(8-14)9-15/h1-6,8-9H,7H2. The summed E-state index contributed by atoms with van der Waals surface area (Å²) in [6.07, 6.45) is 4.61. The molecule has 0 fully saturated rings. The van der Waals surface area contributed by atoms with E-state index in [4.69, 9.17) is 0 Å². The van der Waals surface area contributed by atoms with Crippen molar-refractivity contribution in [2.75, 3.05) is 0 Å². The Kier molecular flexibility index (Phi) is 3.02. The Morgan fingerprint density at radius 1 is 1.33 bits per heavy atom. The van der Waals surface area contributed by atoms with Crippen LogP contribution in [0.15, 0.2) is 47.2 Å². The average Bonchev–Trinajstić information content (AvgIpc) is 2.65. The van der Waals surface area contributed by atoms with Gasteiger partial charge in [-0.05, 0) is 23.8 Å². The first kappa shape index (κ1) is 10.2. The number of hydrogen-bond acceptors (Lipinski definition) is 1. The van der Waals surface area contributed by atoms with Crippen LogP contribution in [0.1, 0.15) is 15.9 Å². The summed E-state index contributed by atoms with van der Waals surface area (Å²) in [5.41, 5.74) is 1.92. The highest BCUT2D eigenvalue weighted by Crippen LogP contribution is 2.13. The van der Waals surface area contributed by atoms with Crippen LogP contribution in [0.2, 0.25) is 0 Å². The van der Waals surface area contributed by atoms with E-state index in [0.29, 0.717) is 5.56 Å². The molecule has 1 aromatic carbocycles. The summed E-state index contributed by atoms with van der Waals surface area (Å²) in [5, 5.41) is 0. The minimum atomic E-state index is 0.713. The molecular weight excluding hydrogens is 254 g/mol. The van der Waals surface area contributed by atoms with E-state index in [-0.39, 0.29) is 0 Å². The predicted molar refractivity (Wildman–Crippen MR) is 63.1 cm³/mol. The molecule has 0 saturated heterocycles. The molecule has 3 heteroatoms. The van der Waals surface area contributed by atoms with Crippen molar-refractivity contribution < 1.29 is 4.79 Å². The maximum atomic E-state index is 10.5. The van der Waals surface area contributed by atoms with Crippen LogP contribution in [0.3, 0.4) is 0 Å². The second-order valence-electron chi connectivity index (χ2n) is 3.36. The molecule has 0 spiro atoms. The molecule has 0 aliphatic heterocycles. The molecule has 0 radical (unpaired) electrons. The van der Waals surface area contributed by atoms with Gasteiger partial charge in [0.15, 0.2) is 6.29 Å². The fraction of sp³-hybridized carbons (Fsp3) is 0.0833. The van der Waals surface area contributed by atoms with Crippen molar-refractivity contribution in [3.05, 3.63) is 58.3 Å². The third-order valence-electron chi connectivity index (χ3n) is 2.16. The van der Waals surface area contributed by atoms with Crippen molar-refractivity contribution in [3.8, 4) is 0 Å². The van der Waals surface area contributed by atoms with Crippen molar-refractivity contribution in [2.24, 2.45) is 0 Å². The summed E-state index contributed by atoms with van der Waals surface area (Å²) in [6.45, 7) is 0.785. The van der Waals surface area contributed by atoms with Gasteiger partial charge in [-0.3, -0.25) is 4.79 Å². The number of carbonyl (C=O) groups is 1. The van der Waals surface area contributed by atoms with Crippen LogP contribution < -0.4 is 0 Å². The molecule has 0 aliphatic carbocycles. The lowest BCUT2D eigenvalue weighted by atomic mass is 10.2. The summed E-state index contributed by atoms with van der Waals surface area (Å²) >= 11 is 3.43.